The second-order valence-corrected chi connectivity index (χ2v) is 16.0. The summed E-state index contributed by atoms with van der Waals surface area (Å²) in [6, 6.07) is 41.2. The highest BCUT2D eigenvalue weighted by atomic mass is 32.1. The molecule has 1 N–H and O–H groups in total. The van der Waals surface area contributed by atoms with Gasteiger partial charge < -0.3 is 19.5 Å². The van der Waals surface area contributed by atoms with Gasteiger partial charge in [-0.25, -0.2) is 4.79 Å². The van der Waals surface area contributed by atoms with E-state index in [2.05, 4.69) is 114 Å². The number of allylic oxidation sites excluding steroid dienone is 3. The molecule has 7 nitrogen and oxygen atoms in total. The van der Waals surface area contributed by atoms with Gasteiger partial charge in [-0.15, -0.1) is 11.3 Å². The first kappa shape index (κ1) is 35.6. The zero-order valence-corrected chi connectivity index (χ0v) is 32.2. The van der Waals surface area contributed by atoms with E-state index in [4.69, 9.17) is 9.47 Å². The fraction of sp³-hybridized carbons (Fsp3) is 0.140. The summed E-state index contributed by atoms with van der Waals surface area (Å²) in [5.41, 5.74) is 9.85. The van der Waals surface area contributed by atoms with Gasteiger partial charge >= 0.3 is 5.97 Å². The van der Waals surface area contributed by atoms with Crippen molar-refractivity contribution < 1.29 is 29.0 Å². The van der Waals surface area contributed by atoms with Crippen molar-refractivity contribution in [3.63, 3.8) is 0 Å². The monoisotopic (exact) mass is 779 g/mol. The zero-order chi connectivity index (χ0) is 39.3. The van der Waals surface area contributed by atoms with Crippen LogP contribution in [-0.4, -0.2) is 41.9 Å². The molecule has 0 bridgehead atoms. The van der Waals surface area contributed by atoms with Crippen LogP contribution in [0.25, 0.3) is 28.2 Å². The van der Waals surface area contributed by atoms with Gasteiger partial charge in [0.1, 0.15) is 13.2 Å². The summed E-state index contributed by atoms with van der Waals surface area (Å²) >= 11 is 1.56. The Bertz CT molecular complexity index is 2680. The van der Waals surface area contributed by atoms with Crippen LogP contribution in [0.3, 0.4) is 0 Å². The summed E-state index contributed by atoms with van der Waals surface area (Å²) in [5, 5.41) is 9.37. The van der Waals surface area contributed by atoms with Crippen LogP contribution in [0.4, 0.5) is 11.4 Å². The Hall–Kier alpha value is -6.77. The Labute approximate surface area is 339 Å². The second kappa shape index (κ2) is 14.6. The molecule has 0 amide bonds. The third-order valence-corrected chi connectivity index (χ3v) is 12.8. The molecule has 2 atom stereocenters. The largest absolute Gasteiger partial charge is 0.485 e. The molecule has 3 heterocycles. The van der Waals surface area contributed by atoms with Gasteiger partial charge in [0.2, 0.25) is 0 Å². The van der Waals surface area contributed by atoms with Gasteiger partial charge in [0.15, 0.2) is 23.1 Å². The highest BCUT2D eigenvalue weighted by Crippen LogP contribution is 2.55. The summed E-state index contributed by atoms with van der Waals surface area (Å²) in [5.74, 6) is -0.268. The number of Topliss-reactive ketones (excluding diaryl/α,β-unsaturated/α-hetero) is 2. The molecular formula is C50H37NO6S. The fourth-order valence-corrected chi connectivity index (χ4v) is 10.0. The van der Waals surface area contributed by atoms with Gasteiger partial charge in [-0.3, -0.25) is 9.59 Å². The molecule has 1 aromatic heterocycles. The fourth-order valence-electron chi connectivity index (χ4n) is 8.91. The number of ether oxygens (including phenoxy) is 2. The van der Waals surface area contributed by atoms with E-state index in [1.807, 2.05) is 6.08 Å². The van der Waals surface area contributed by atoms with Gasteiger partial charge in [-0.2, -0.15) is 0 Å². The van der Waals surface area contributed by atoms with Crippen LogP contribution in [0.2, 0.25) is 0 Å². The Morgan fingerprint density at radius 3 is 2.17 bits per heavy atom. The Kier molecular flexibility index (Phi) is 8.99. The number of thiophene rings is 1. The summed E-state index contributed by atoms with van der Waals surface area (Å²) in [7, 11) is 0. The van der Waals surface area contributed by atoms with E-state index in [1.165, 1.54) is 64.3 Å². The number of benzene rings is 5. The molecule has 284 valence electrons. The smallest absolute Gasteiger partial charge is 0.335 e. The summed E-state index contributed by atoms with van der Waals surface area (Å²) < 4.78 is 12.4. The maximum atomic E-state index is 13.1. The molecular weight excluding hydrogens is 743 g/mol. The van der Waals surface area contributed by atoms with E-state index < -0.39 is 17.5 Å². The van der Waals surface area contributed by atoms with Crippen LogP contribution in [0, 0.1) is 0 Å². The van der Waals surface area contributed by atoms with Gasteiger partial charge in [0.05, 0.1) is 20.9 Å². The summed E-state index contributed by atoms with van der Waals surface area (Å²) in [4.78, 5) is 42.0. The van der Waals surface area contributed by atoms with Crippen molar-refractivity contribution in [2.24, 2.45) is 0 Å². The molecule has 5 aromatic carbocycles. The normalized spacial score (nSPS) is 18.4. The van der Waals surface area contributed by atoms with Crippen LogP contribution in [0.1, 0.15) is 83.4 Å². The first-order chi connectivity index (χ1) is 28.4. The highest BCUT2D eigenvalue weighted by molar-refractivity contribution is 7.17. The minimum absolute atomic E-state index is 0.00104. The zero-order valence-electron chi connectivity index (χ0n) is 31.4. The molecule has 4 aliphatic rings. The van der Waals surface area contributed by atoms with Crippen LogP contribution < -0.4 is 14.4 Å². The predicted molar refractivity (Wildman–Crippen MR) is 229 cm³/mol. The van der Waals surface area contributed by atoms with Gasteiger partial charge in [-0.1, -0.05) is 91.4 Å². The lowest BCUT2D eigenvalue weighted by molar-refractivity contribution is 0.0696. The average molecular weight is 780 g/mol. The Morgan fingerprint density at radius 1 is 0.741 bits per heavy atom. The van der Waals surface area contributed by atoms with E-state index in [-0.39, 0.29) is 22.3 Å². The SMILES string of the molecule is O=C(O)c1ccc2c(c1)C(=O)/C(=C\C=C\c1sc(-c3ccc4c(c3)C3CCCC3N4c3ccc(C=C(c4ccccc4)c4ccccc4)cc3)c3c1OCCO3)C2=O. The molecule has 2 aliphatic heterocycles. The number of ketones is 2. The topological polar surface area (TPSA) is 93.1 Å². The number of hydrogen-bond donors (Lipinski definition) is 1. The number of carbonyl (C=O) groups is 3. The van der Waals surface area contributed by atoms with Crippen LogP contribution in [-0.2, 0) is 0 Å². The Balaban J connectivity index is 0.947. The van der Waals surface area contributed by atoms with E-state index >= 15 is 0 Å². The van der Waals surface area contributed by atoms with Crippen LogP contribution in [0.15, 0.2) is 139 Å². The molecule has 8 heteroatoms. The number of hydrogen-bond acceptors (Lipinski definition) is 7. The van der Waals surface area contributed by atoms with Gasteiger partial charge in [0, 0.05) is 34.5 Å². The number of nitrogens with zero attached hydrogens (tertiary/aromatic N) is 1. The average Bonchev–Trinajstić information content (AvgIpc) is 4.02. The molecule has 1 fully saturated rings. The van der Waals surface area contributed by atoms with Crippen molar-refractivity contribution in [2.75, 3.05) is 18.1 Å². The van der Waals surface area contributed by atoms with Crippen molar-refractivity contribution in [3.05, 3.63) is 183 Å². The number of rotatable bonds is 8. The van der Waals surface area contributed by atoms with Crippen molar-refractivity contribution in [1.29, 1.82) is 0 Å². The molecule has 0 radical (unpaired) electrons. The number of carbonyl (C=O) groups excluding carboxylic acids is 2. The van der Waals surface area contributed by atoms with E-state index in [9.17, 15) is 19.5 Å². The molecule has 0 saturated heterocycles. The molecule has 6 aromatic rings. The van der Waals surface area contributed by atoms with Gasteiger partial charge in [0.25, 0.3) is 0 Å². The number of anilines is 2. The lowest BCUT2D eigenvalue weighted by atomic mass is 9.95. The van der Waals surface area contributed by atoms with Crippen molar-refractivity contribution in [3.8, 4) is 21.9 Å². The molecule has 0 spiro atoms. The maximum Gasteiger partial charge on any atom is 0.335 e. The first-order valence-corrected chi connectivity index (χ1v) is 20.4. The second-order valence-electron chi connectivity index (χ2n) is 14.9. The summed E-state index contributed by atoms with van der Waals surface area (Å²) in [6.45, 7) is 0.858. The highest BCUT2D eigenvalue weighted by Gasteiger charge is 2.42. The quantitative estimate of drug-likeness (QED) is 0.0934. The van der Waals surface area contributed by atoms with Crippen molar-refractivity contribution in [2.45, 2.75) is 31.2 Å². The molecule has 2 aliphatic carbocycles. The number of fused-ring (bicyclic) bond motifs is 5. The minimum atomic E-state index is -1.15. The molecule has 10 rings (SSSR count). The van der Waals surface area contributed by atoms with Gasteiger partial charge in [-0.05, 0) is 107 Å². The number of carboxylic acid groups (broad SMARTS) is 1. The lowest BCUT2D eigenvalue weighted by Crippen LogP contribution is -2.26. The standard InChI is InChI=1S/C50H37NO6S/c52-45-37-23-19-34(50(54)55)29-41(37)46(53)38(45)14-8-16-44-47-48(57-26-25-56-47)49(58-44)33-20-24-43-40(28-33)36-13-7-15-42(36)51(43)35-21-17-30(18-22-35)27-39(31-9-3-1-4-10-31)32-11-5-2-6-12-32/h1-6,8-12,14,16-24,27-29,36,42H,7,13,15,25-26H2,(H,54,55)/b16-8+,38-14-. The predicted octanol–water partition coefficient (Wildman–Crippen LogP) is 11.3. The van der Waals surface area contributed by atoms with Crippen molar-refractivity contribution >= 4 is 58.0 Å². The van der Waals surface area contributed by atoms with E-state index in [1.54, 1.807) is 17.4 Å². The number of aromatic carboxylic acids is 1. The maximum absolute atomic E-state index is 13.1. The lowest BCUT2D eigenvalue weighted by Gasteiger charge is -2.27. The van der Waals surface area contributed by atoms with Crippen LogP contribution in [0.5, 0.6) is 11.5 Å². The molecule has 58 heavy (non-hydrogen) atoms. The summed E-state index contributed by atoms with van der Waals surface area (Å²) in [6.07, 6.45) is 10.7. The molecule has 2 unspecified atom stereocenters. The van der Waals surface area contributed by atoms with E-state index in [0.717, 1.165) is 33.7 Å². The van der Waals surface area contributed by atoms with Crippen molar-refractivity contribution in [1.82, 2.24) is 0 Å². The first-order valence-electron chi connectivity index (χ1n) is 19.6. The Morgan fingerprint density at radius 2 is 1.45 bits per heavy atom. The van der Waals surface area contributed by atoms with E-state index in [0.29, 0.717) is 36.7 Å². The molecule has 1 saturated carbocycles. The minimum Gasteiger partial charge on any atom is -0.485 e. The van der Waals surface area contributed by atoms with Crippen LogP contribution >= 0.6 is 11.3 Å². The third kappa shape index (κ3) is 6.17. The number of carboxylic acids is 1. The third-order valence-electron chi connectivity index (χ3n) is 11.6.